The second-order valence-electron chi connectivity index (χ2n) is 4.71. The molecule has 1 N–H and O–H groups in total. The van der Waals surface area contributed by atoms with E-state index in [4.69, 9.17) is 5.41 Å². The first-order chi connectivity index (χ1) is 9.86. The van der Waals surface area contributed by atoms with Crippen LogP contribution in [-0.2, 0) is 0 Å². The Balaban J connectivity index is 2.00. The lowest BCUT2D eigenvalue weighted by molar-refractivity contribution is 1.53. The molecule has 0 bridgehead atoms. The van der Waals surface area contributed by atoms with Gasteiger partial charge in [0.1, 0.15) is 0 Å². The summed E-state index contributed by atoms with van der Waals surface area (Å²) < 4.78 is 0. The number of rotatable bonds is 3. The molecule has 3 rings (SSSR count). The molecule has 0 aromatic heterocycles. The van der Waals surface area contributed by atoms with Crippen molar-refractivity contribution >= 4 is 6.21 Å². The maximum atomic E-state index is 7.24. The van der Waals surface area contributed by atoms with Crippen molar-refractivity contribution in [3.05, 3.63) is 84.4 Å². The number of hydrogen-bond donors (Lipinski definition) is 1. The van der Waals surface area contributed by atoms with E-state index in [0.29, 0.717) is 0 Å². The van der Waals surface area contributed by atoms with E-state index < -0.39 is 0 Å². The van der Waals surface area contributed by atoms with E-state index in [9.17, 15) is 0 Å². The molecule has 3 aromatic carbocycles. The highest BCUT2D eigenvalue weighted by Gasteiger charge is 2.01. The van der Waals surface area contributed by atoms with Gasteiger partial charge in [-0.1, -0.05) is 72.8 Å². The summed E-state index contributed by atoms with van der Waals surface area (Å²) in [5.74, 6) is 0. The molecule has 0 aliphatic heterocycles. The average molecular weight is 257 g/mol. The fourth-order valence-corrected chi connectivity index (χ4v) is 2.28. The molecule has 1 nitrogen and oxygen atoms in total. The lowest BCUT2D eigenvalue weighted by atomic mass is 9.98. The summed E-state index contributed by atoms with van der Waals surface area (Å²) in [7, 11) is 0. The van der Waals surface area contributed by atoms with Crippen LogP contribution in [0, 0.1) is 5.41 Å². The van der Waals surface area contributed by atoms with Crippen LogP contribution in [-0.4, -0.2) is 6.21 Å². The van der Waals surface area contributed by atoms with Gasteiger partial charge in [-0.05, 0) is 33.9 Å². The van der Waals surface area contributed by atoms with Gasteiger partial charge in [0.25, 0.3) is 0 Å². The van der Waals surface area contributed by atoms with Crippen LogP contribution in [0.15, 0.2) is 78.9 Å². The van der Waals surface area contributed by atoms with Gasteiger partial charge >= 0.3 is 0 Å². The molecule has 0 saturated heterocycles. The van der Waals surface area contributed by atoms with Crippen molar-refractivity contribution in [3.8, 4) is 22.3 Å². The molecular formula is C19H15N. The topological polar surface area (TPSA) is 23.9 Å². The molecule has 0 unspecified atom stereocenters. The normalized spacial score (nSPS) is 10.2. The quantitative estimate of drug-likeness (QED) is 0.637. The second kappa shape index (κ2) is 5.54. The Labute approximate surface area is 119 Å². The summed E-state index contributed by atoms with van der Waals surface area (Å²) in [6, 6.07) is 27.0. The third-order valence-corrected chi connectivity index (χ3v) is 3.38. The lowest BCUT2D eigenvalue weighted by Gasteiger charge is -2.06. The van der Waals surface area contributed by atoms with Crippen LogP contribution in [0.5, 0.6) is 0 Å². The molecule has 1 heteroatoms. The van der Waals surface area contributed by atoms with Crippen LogP contribution < -0.4 is 0 Å². The second-order valence-corrected chi connectivity index (χ2v) is 4.71. The molecule has 0 spiro atoms. The maximum Gasteiger partial charge on any atom is 0.0250 e. The highest BCUT2D eigenvalue weighted by molar-refractivity contribution is 5.79. The molecule has 0 aliphatic carbocycles. The van der Waals surface area contributed by atoms with Crippen LogP contribution in [0.2, 0.25) is 0 Å². The summed E-state index contributed by atoms with van der Waals surface area (Å²) in [5.41, 5.74) is 5.74. The van der Waals surface area contributed by atoms with Gasteiger partial charge in [-0.25, -0.2) is 0 Å². The first kappa shape index (κ1) is 12.4. The summed E-state index contributed by atoms with van der Waals surface area (Å²) >= 11 is 0. The van der Waals surface area contributed by atoms with Gasteiger partial charge in [0.2, 0.25) is 0 Å². The molecule has 3 aromatic rings. The molecule has 0 amide bonds. The highest BCUT2D eigenvalue weighted by Crippen LogP contribution is 2.26. The smallest absolute Gasteiger partial charge is 0.0250 e. The largest absolute Gasteiger partial charge is 0.308 e. The SMILES string of the molecule is N=Cc1ccc(-c2cccc(-c3ccccc3)c2)cc1. The van der Waals surface area contributed by atoms with Crippen molar-refractivity contribution in [2.24, 2.45) is 0 Å². The Morgan fingerprint density at radius 3 is 1.70 bits per heavy atom. The van der Waals surface area contributed by atoms with Crippen LogP contribution in [0.3, 0.4) is 0 Å². The van der Waals surface area contributed by atoms with Crippen molar-refractivity contribution in [3.63, 3.8) is 0 Å². The zero-order valence-corrected chi connectivity index (χ0v) is 11.1. The van der Waals surface area contributed by atoms with Gasteiger partial charge in [0.15, 0.2) is 0 Å². The average Bonchev–Trinajstić information content (AvgIpc) is 2.56. The van der Waals surface area contributed by atoms with Crippen LogP contribution in [0.4, 0.5) is 0 Å². The van der Waals surface area contributed by atoms with E-state index in [2.05, 4.69) is 60.7 Å². The predicted octanol–water partition coefficient (Wildman–Crippen LogP) is 5.02. The molecule has 20 heavy (non-hydrogen) atoms. The fourth-order valence-electron chi connectivity index (χ4n) is 2.28. The first-order valence-corrected chi connectivity index (χ1v) is 6.63. The van der Waals surface area contributed by atoms with Crippen molar-refractivity contribution in [1.29, 1.82) is 5.41 Å². The van der Waals surface area contributed by atoms with E-state index in [1.54, 1.807) is 0 Å². The van der Waals surface area contributed by atoms with E-state index in [1.807, 2.05) is 18.2 Å². The molecule has 0 aliphatic rings. The molecule has 0 heterocycles. The van der Waals surface area contributed by atoms with Crippen molar-refractivity contribution in [2.45, 2.75) is 0 Å². The van der Waals surface area contributed by atoms with Gasteiger partial charge < -0.3 is 5.41 Å². The summed E-state index contributed by atoms with van der Waals surface area (Å²) in [5, 5.41) is 7.24. The van der Waals surface area contributed by atoms with Gasteiger partial charge in [-0.3, -0.25) is 0 Å². The molecular weight excluding hydrogens is 242 g/mol. The standard InChI is InChI=1S/C19H15N/c20-14-15-9-11-17(12-10-15)19-8-4-7-18(13-19)16-5-2-1-3-6-16/h1-14,20H. The Kier molecular flexibility index (Phi) is 3.42. The van der Waals surface area contributed by atoms with Crippen LogP contribution >= 0.6 is 0 Å². The maximum absolute atomic E-state index is 7.24. The van der Waals surface area contributed by atoms with E-state index in [-0.39, 0.29) is 0 Å². The third kappa shape index (κ3) is 2.52. The Bertz CT molecular complexity index is 712. The summed E-state index contributed by atoms with van der Waals surface area (Å²) in [6.07, 6.45) is 1.37. The monoisotopic (exact) mass is 257 g/mol. The van der Waals surface area contributed by atoms with Crippen LogP contribution in [0.25, 0.3) is 22.3 Å². The summed E-state index contributed by atoms with van der Waals surface area (Å²) in [4.78, 5) is 0. The Hall–Kier alpha value is -2.67. The number of hydrogen-bond acceptors (Lipinski definition) is 1. The van der Waals surface area contributed by atoms with Gasteiger partial charge in [-0.15, -0.1) is 0 Å². The minimum absolute atomic E-state index is 0.924. The zero-order valence-electron chi connectivity index (χ0n) is 11.1. The molecule has 0 radical (unpaired) electrons. The van der Waals surface area contributed by atoms with Crippen molar-refractivity contribution < 1.29 is 0 Å². The van der Waals surface area contributed by atoms with Crippen LogP contribution in [0.1, 0.15) is 5.56 Å². The van der Waals surface area contributed by atoms with Gasteiger partial charge in [0.05, 0.1) is 0 Å². The number of nitrogens with one attached hydrogen (secondary N) is 1. The minimum Gasteiger partial charge on any atom is -0.308 e. The van der Waals surface area contributed by atoms with E-state index in [1.165, 1.54) is 28.5 Å². The minimum atomic E-state index is 0.924. The van der Waals surface area contributed by atoms with Gasteiger partial charge in [-0.2, -0.15) is 0 Å². The Morgan fingerprint density at radius 2 is 1.10 bits per heavy atom. The lowest BCUT2D eigenvalue weighted by Crippen LogP contribution is -1.83. The Morgan fingerprint density at radius 1 is 0.550 bits per heavy atom. The fraction of sp³-hybridized carbons (Fsp3) is 0. The number of benzene rings is 3. The predicted molar refractivity (Wildman–Crippen MR) is 85.2 cm³/mol. The first-order valence-electron chi connectivity index (χ1n) is 6.63. The van der Waals surface area contributed by atoms with Crippen molar-refractivity contribution in [1.82, 2.24) is 0 Å². The van der Waals surface area contributed by atoms with E-state index >= 15 is 0 Å². The highest BCUT2D eigenvalue weighted by atomic mass is 14.3. The molecule has 0 fully saturated rings. The van der Waals surface area contributed by atoms with Crippen molar-refractivity contribution in [2.75, 3.05) is 0 Å². The molecule has 96 valence electrons. The molecule has 0 saturated carbocycles. The molecule has 0 atom stereocenters. The van der Waals surface area contributed by atoms with E-state index in [0.717, 1.165) is 5.56 Å². The zero-order chi connectivity index (χ0) is 13.8. The van der Waals surface area contributed by atoms with Gasteiger partial charge in [0, 0.05) is 6.21 Å². The third-order valence-electron chi connectivity index (χ3n) is 3.38. The summed E-state index contributed by atoms with van der Waals surface area (Å²) in [6.45, 7) is 0.